The van der Waals surface area contributed by atoms with Gasteiger partial charge in [-0.15, -0.1) is 24.7 Å². The molecule has 0 radical (unpaired) electrons. The van der Waals surface area contributed by atoms with Gasteiger partial charge in [-0.25, -0.2) is 0 Å². The fraction of sp³-hybridized carbons (Fsp3) is 0.375. The Morgan fingerprint density at radius 3 is 2.36 bits per heavy atom. The Bertz CT molecular complexity index is 1310. The zero-order valence-electron chi connectivity index (χ0n) is 27.8. The molecular formula is C40H54N2. The van der Waals surface area contributed by atoms with Crippen LogP contribution in [-0.4, -0.2) is 17.6 Å². The number of terminal acetylenes is 1. The van der Waals surface area contributed by atoms with E-state index in [-0.39, 0.29) is 0 Å². The normalized spacial score (nSPS) is 10.5. The van der Waals surface area contributed by atoms with E-state index in [1.165, 1.54) is 39.8 Å². The van der Waals surface area contributed by atoms with E-state index in [9.17, 15) is 0 Å². The van der Waals surface area contributed by atoms with Gasteiger partial charge in [-0.05, 0) is 112 Å². The highest BCUT2D eigenvalue weighted by atomic mass is 14.9. The Balaban J connectivity index is 0.000000795. The summed E-state index contributed by atoms with van der Waals surface area (Å²) in [5, 5.41) is 3.46. The predicted octanol–water partition coefficient (Wildman–Crippen LogP) is 9.89. The van der Waals surface area contributed by atoms with Crippen LogP contribution >= 0.6 is 0 Å². The van der Waals surface area contributed by atoms with Crippen LogP contribution in [0, 0.1) is 52.4 Å². The molecule has 42 heavy (non-hydrogen) atoms. The lowest BCUT2D eigenvalue weighted by molar-refractivity contribution is 0.565. The number of benzene rings is 2. The van der Waals surface area contributed by atoms with Gasteiger partial charge < -0.3 is 5.32 Å². The molecule has 0 amide bonds. The number of hydrogen-bond acceptors (Lipinski definition) is 2. The number of rotatable bonds is 10. The van der Waals surface area contributed by atoms with Gasteiger partial charge in [0, 0.05) is 24.4 Å². The molecule has 0 aliphatic rings. The topological polar surface area (TPSA) is 24.9 Å². The van der Waals surface area contributed by atoms with Gasteiger partial charge in [-0.2, -0.15) is 0 Å². The third-order valence-corrected chi connectivity index (χ3v) is 6.57. The van der Waals surface area contributed by atoms with E-state index in [0.717, 1.165) is 42.6 Å². The summed E-state index contributed by atoms with van der Waals surface area (Å²) >= 11 is 0. The quantitative estimate of drug-likeness (QED) is 0.151. The third-order valence-electron chi connectivity index (χ3n) is 6.57. The molecule has 0 saturated carbocycles. The zero-order chi connectivity index (χ0) is 31.9. The number of likely N-dealkylation sites (N-methyl/N-ethyl adjacent to an activating group) is 1. The summed E-state index contributed by atoms with van der Waals surface area (Å²) in [6.45, 7) is 23.9. The van der Waals surface area contributed by atoms with Crippen LogP contribution in [0.2, 0.25) is 0 Å². The number of aromatic nitrogens is 1. The van der Waals surface area contributed by atoms with Crippen molar-refractivity contribution in [1.29, 1.82) is 0 Å². The first kappa shape index (κ1) is 38.1. The van der Waals surface area contributed by atoms with Crippen LogP contribution in [0.3, 0.4) is 0 Å². The molecular weight excluding hydrogens is 508 g/mol. The Morgan fingerprint density at radius 1 is 1.02 bits per heavy atom. The van der Waals surface area contributed by atoms with Crippen molar-refractivity contribution in [3.05, 3.63) is 112 Å². The molecule has 2 nitrogen and oxygen atoms in total. The van der Waals surface area contributed by atoms with Crippen LogP contribution in [0.15, 0.2) is 67.4 Å². The number of unbranched alkanes of at least 4 members (excludes halogenated alkanes) is 1. The molecule has 0 aliphatic heterocycles. The van der Waals surface area contributed by atoms with Crippen molar-refractivity contribution < 1.29 is 0 Å². The van der Waals surface area contributed by atoms with E-state index in [2.05, 4.69) is 137 Å². The maximum atomic E-state index is 4.37. The second kappa shape index (κ2) is 22.8. The van der Waals surface area contributed by atoms with Gasteiger partial charge in [0.15, 0.2) is 0 Å². The molecule has 2 aromatic carbocycles. The lowest BCUT2D eigenvalue weighted by Crippen LogP contribution is -2.27. The van der Waals surface area contributed by atoms with Gasteiger partial charge in [0.1, 0.15) is 0 Å². The third kappa shape index (κ3) is 15.2. The minimum absolute atomic E-state index is 0.482. The minimum Gasteiger partial charge on any atom is -0.314 e. The fourth-order valence-corrected chi connectivity index (χ4v) is 4.46. The molecule has 224 valence electrons. The summed E-state index contributed by atoms with van der Waals surface area (Å²) < 4.78 is 0. The molecule has 0 aliphatic carbocycles. The van der Waals surface area contributed by atoms with Crippen molar-refractivity contribution in [2.75, 3.05) is 6.54 Å². The fourth-order valence-electron chi connectivity index (χ4n) is 4.46. The standard InChI is InChI=1S/C22H28N2.C14H18.C2H6.C2H2/c1-6-23-19(5)13-20-8-7-9-21(14-20)16(2)10-11-22-15-24-18(4)12-17(22)3;1-4-5-6-7-8-14-10-9-12(2)11-13(14)3;2*1-2/h7-12,14-15,19,23H,2,6,13H2,1,3-5H3;9-11H,6-8H2,1-3H3;1-2H3;1-2H/b11-10-;;;. The van der Waals surface area contributed by atoms with Gasteiger partial charge >= 0.3 is 0 Å². The SMILES string of the molecule is C#C.C=C(/C=C\c1cnc(C)cc1C)c1cccc(CC(C)NCC)c1.CC.CC#CCCCc1ccc(C)cc1C. The number of nitrogens with one attached hydrogen (secondary N) is 1. The summed E-state index contributed by atoms with van der Waals surface area (Å²) in [6, 6.07) is 17.9. The first-order valence-corrected chi connectivity index (χ1v) is 15.2. The lowest BCUT2D eigenvalue weighted by atomic mass is 9.99. The average Bonchev–Trinajstić information content (AvgIpc) is 2.98. The van der Waals surface area contributed by atoms with Gasteiger partial charge in [-0.1, -0.05) is 87.5 Å². The molecule has 3 aromatic rings. The highest BCUT2D eigenvalue weighted by Crippen LogP contribution is 2.19. The molecule has 2 heteroatoms. The second-order valence-corrected chi connectivity index (χ2v) is 10.1. The van der Waals surface area contributed by atoms with Crippen LogP contribution in [0.5, 0.6) is 0 Å². The Hall–Kier alpha value is -3.85. The lowest BCUT2D eigenvalue weighted by Gasteiger charge is -2.13. The number of pyridine rings is 1. The first-order chi connectivity index (χ1) is 20.2. The molecule has 0 bridgehead atoms. The van der Waals surface area contributed by atoms with E-state index in [1.54, 1.807) is 0 Å². The molecule has 3 rings (SSSR count). The van der Waals surface area contributed by atoms with Crippen molar-refractivity contribution in [2.24, 2.45) is 0 Å². The molecule has 1 unspecified atom stereocenters. The number of aryl methyl sites for hydroxylation is 5. The Morgan fingerprint density at radius 2 is 1.74 bits per heavy atom. The maximum Gasteiger partial charge on any atom is 0.0375 e. The van der Waals surface area contributed by atoms with E-state index in [1.807, 2.05) is 33.9 Å². The second-order valence-electron chi connectivity index (χ2n) is 10.1. The Kier molecular flexibility index (Phi) is 20.7. The number of allylic oxidation sites excluding steroid dienone is 2. The number of nitrogens with zero attached hydrogens (tertiary/aromatic N) is 1. The van der Waals surface area contributed by atoms with E-state index >= 15 is 0 Å². The molecule has 0 spiro atoms. The van der Waals surface area contributed by atoms with E-state index in [4.69, 9.17) is 0 Å². The average molecular weight is 563 g/mol. The molecule has 0 saturated heterocycles. The van der Waals surface area contributed by atoms with Crippen LogP contribution in [-0.2, 0) is 12.8 Å². The van der Waals surface area contributed by atoms with Crippen LogP contribution in [0.4, 0.5) is 0 Å². The van der Waals surface area contributed by atoms with Gasteiger partial charge in [-0.3, -0.25) is 4.98 Å². The minimum atomic E-state index is 0.482. The monoisotopic (exact) mass is 562 g/mol. The maximum absolute atomic E-state index is 4.37. The van der Waals surface area contributed by atoms with Gasteiger partial charge in [0.2, 0.25) is 0 Å². The highest BCUT2D eigenvalue weighted by molar-refractivity contribution is 5.77. The summed E-state index contributed by atoms with van der Waals surface area (Å²) in [5.41, 5.74) is 11.2. The van der Waals surface area contributed by atoms with Crippen molar-refractivity contribution in [3.8, 4) is 24.7 Å². The number of hydrogen-bond donors (Lipinski definition) is 1. The molecule has 1 heterocycles. The Labute approximate surface area is 258 Å². The van der Waals surface area contributed by atoms with Gasteiger partial charge in [0.05, 0.1) is 0 Å². The van der Waals surface area contributed by atoms with E-state index in [0.29, 0.717) is 6.04 Å². The van der Waals surface area contributed by atoms with Crippen molar-refractivity contribution in [1.82, 2.24) is 10.3 Å². The van der Waals surface area contributed by atoms with Gasteiger partial charge in [0.25, 0.3) is 0 Å². The molecule has 1 aromatic heterocycles. The van der Waals surface area contributed by atoms with Crippen LogP contribution in [0.1, 0.15) is 92.1 Å². The smallest absolute Gasteiger partial charge is 0.0375 e. The zero-order valence-corrected chi connectivity index (χ0v) is 27.8. The highest BCUT2D eigenvalue weighted by Gasteiger charge is 2.04. The molecule has 1 atom stereocenters. The summed E-state index contributed by atoms with van der Waals surface area (Å²) in [4.78, 5) is 4.37. The largest absolute Gasteiger partial charge is 0.314 e. The van der Waals surface area contributed by atoms with Crippen LogP contribution in [0.25, 0.3) is 11.6 Å². The van der Waals surface area contributed by atoms with Crippen LogP contribution < -0.4 is 5.32 Å². The predicted molar refractivity (Wildman–Crippen MR) is 189 cm³/mol. The summed E-state index contributed by atoms with van der Waals surface area (Å²) in [7, 11) is 0. The molecule has 0 fully saturated rings. The summed E-state index contributed by atoms with van der Waals surface area (Å²) in [5.74, 6) is 6.03. The first-order valence-electron chi connectivity index (χ1n) is 15.2. The molecule has 1 N–H and O–H groups in total. The van der Waals surface area contributed by atoms with Crippen molar-refractivity contribution >= 4 is 11.6 Å². The summed E-state index contributed by atoms with van der Waals surface area (Å²) in [6.07, 6.45) is 18.5. The van der Waals surface area contributed by atoms with E-state index < -0.39 is 0 Å². The van der Waals surface area contributed by atoms with Crippen molar-refractivity contribution in [2.45, 2.75) is 94.0 Å². The van der Waals surface area contributed by atoms with Crippen molar-refractivity contribution in [3.63, 3.8) is 0 Å².